The van der Waals surface area contributed by atoms with Gasteiger partial charge in [-0.05, 0) is 55.6 Å². The molecule has 4 rings (SSSR count). The molecular weight excluding hydrogens is 494 g/mol. The van der Waals surface area contributed by atoms with Gasteiger partial charge in [-0.15, -0.1) is 6.58 Å². The maximum atomic E-state index is 13.9. The van der Waals surface area contributed by atoms with Crippen molar-refractivity contribution in [2.24, 2.45) is 10.8 Å². The number of hydrogen-bond acceptors (Lipinski definition) is 6. The molecule has 1 aliphatic heterocycles. The lowest BCUT2D eigenvalue weighted by molar-refractivity contribution is -0.138. The monoisotopic (exact) mass is 535 g/mol. The molecule has 0 atom stereocenters. The van der Waals surface area contributed by atoms with E-state index in [-0.39, 0.29) is 28.9 Å². The minimum Gasteiger partial charge on any atom is -0.490 e. The highest BCUT2D eigenvalue weighted by Crippen LogP contribution is 2.55. The maximum absolute atomic E-state index is 13.9. The minimum atomic E-state index is -0.994. The molecule has 7 heteroatoms. The molecule has 1 aromatic rings. The van der Waals surface area contributed by atoms with E-state index in [2.05, 4.69) is 6.58 Å². The van der Waals surface area contributed by atoms with Gasteiger partial charge in [0.1, 0.15) is 6.54 Å². The Morgan fingerprint density at radius 1 is 0.974 bits per heavy atom. The van der Waals surface area contributed by atoms with Crippen molar-refractivity contribution in [3.8, 4) is 11.5 Å². The molecule has 0 saturated carbocycles. The first kappa shape index (κ1) is 28.7. The van der Waals surface area contributed by atoms with Gasteiger partial charge in [0.2, 0.25) is 0 Å². The van der Waals surface area contributed by atoms with Crippen LogP contribution in [-0.2, 0) is 20.8 Å². The number of carbonyl (C=O) groups excluding carboxylic acids is 2. The Labute approximate surface area is 231 Å². The molecule has 0 amide bonds. The van der Waals surface area contributed by atoms with E-state index >= 15 is 0 Å². The van der Waals surface area contributed by atoms with Crippen LogP contribution in [0.5, 0.6) is 11.5 Å². The molecular formula is C32H41NO6. The third-order valence-corrected chi connectivity index (χ3v) is 7.76. The van der Waals surface area contributed by atoms with Gasteiger partial charge in [0.05, 0.1) is 13.2 Å². The molecule has 0 spiro atoms. The van der Waals surface area contributed by atoms with E-state index in [1.165, 1.54) is 0 Å². The number of hydrogen-bond donors (Lipinski definition) is 1. The summed E-state index contributed by atoms with van der Waals surface area (Å²) in [5.74, 6) is -0.455. The van der Waals surface area contributed by atoms with Crippen LogP contribution in [0, 0.1) is 10.8 Å². The number of benzene rings is 1. The Morgan fingerprint density at radius 3 is 1.97 bits per heavy atom. The molecule has 0 radical (unpaired) electrons. The number of aliphatic carboxylic acids is 1. The largest absolute Gasteiger partial charge is 0.490 e. The van der Waals surface area contributed by atoms with Crippen molar-refractivity contribution < 1.29 is 29.0 Å². The van der Waals surface area contributed by atoms with Gasteiger partial charge in [-0.3, -0.25) is 14.4 Å². The smallest absolute Gasteiger partial charge is 0.323 e. The average molecular weight is 536 g/mol. The number of Topliss-reactive ketones (excluding diaryl/α,β-unsaturated/α-hetero) is 2. The number of carbonyl (C=O) groups is 3. The first-order valence-corrected chi connectivity index (χ1v) is 13.9. The molecule has 0 unspecified atom stereocenters. The standard InChI is InChI=1S/C32H41NO6/c1-8-11-19-12-20(13-25(38-9-2)30(19)39-10-3)27-28-21(14-31(4,5)16-23(28)34)33(18-26(36)37)22-15-32(6,7)17-24(35)29(22)27/h8,12-13,27H,1,9-11,14-18H2,2-7H3,(H,36,37). The van der Waals surface area contributed by atoms with E-state index in [0.717, 1.165) is 22.5 Å². The Hall–Kier alpha value is -3.35. The SMILES string of the molecule is C=CCc1cc(C2C3=C(CC(C)(C)CC3=O)N(CC(=O)O)C3=C2C(=O)CC(C)(C)C3)cc(OCC)c1OCC. The normalized spacial score (nSPS) is 20.5. The van der Waals surface area contributed by atoms with Crippen LogP contribution in [-0.4, -0.2) is 47.3 Å². The highest BCUT2D eigenvalue weighted by Gasteiger charge is 2.49. The molecule has 1 heterocycles. The van der Waals surface area contributed by atoms with Crippen LogP contribution in [0.2, 0.25) is 0 Å². The summed E-state index contributed by atoms with van der Waals surface area (Å²) in [5, 5.41) is 9.90. The summed E-state index contributed by atoms with van der Waals surface area (Å²) >= 11 is 0. The zero-order valence-electron chi connectivity index (χ0n) is 24.1. The number of ketones is 2. The van der Waals surface area contributed by atoms with Crippen LogP contribution < -0.4 is 9.47 Å². The summed E-state index contributed by atoms with van der Waals surface area (Å²) < 4.78 is 12.0. The van der Waals surface area contributed by atoms with E-state index in [1.54, 1.807) is 11.0 Å². The number of nitrogens with zero attached hydrogens (tertiary/aromatic N) is 1. The summed E-state index contributed by atoms with van der Waals surface area (Å²) in [6, 6.07) is 3.90. The first-order valence-electron chi connectivity index (χ1n) is 13.9. The predicted molar refractivity (Wildman–Crippen MR) is 150 cm³/mol. The predicted octanol–water partition coefficient (Wildman–Crippen LogP) is 5.98. The number of allylic oxidation sites excluding steroid dienone is 5. The number of rotatable bonds is 9. The van der Waals surface area contributed by atoms with Gasteiger partial charge in [0.15, 0.2) is 23.1 Å². The van der Waals surface area contributed by atoms with Crippen LogP contribution in [0.15, 0.2) is 47.3 Å². The van der Waals surface area contributed by atoms with Gasteiger partial charge in [0, 0.05) is 46.9 Å². The van der Waals surface area contributed by atoms with Gasteiger partial charge in [-0.25, -0.2) is 0 Å². The van der Waals surface area contributed by atoms with Crippen LogP contribution in [0.3, 0.4) is 0 Å². The quantitative estimate of drug-likeness (QED) is 0.389. The Bertz CT molecular complexity index is 1230. The average Bonchev–Trinajstić information content (AvgIpc) is 2.80. The summed E-state index contributed by atoms with van der Waals surface area (Å²) in [4.78, 5) is 41.7. The van der Waals surface area contributed by atoms with Gasteiger partial charge in [-0.2, -0.15) is 0 Å². The fourth-order valence-electron chi connectivity index (χ4n) is 6.44. The summed E-state index contributed by atoms with van der Waals surface area (Å²) in [7, 11) is 0. The van der Waals surface area contributed by atoms with Gasteiger partial charge in [0.25, 0.3) is 0 Å². The Kier molecular flexibility index (Phi) is 7.84. The molecule has 0 bridgehead atoms. The molecule has 210 valence electrons. The molecule has 0 saturated heterocycles. The molecule has 3 aliphatic rings. The molecule has 7 nitrogen and oxygen atoms in total. The summed E-state index contributed by atoms with van der Waals surface area (Å²) in [6.45, 7) is 16.5. The van der Waals surface area contributed by atoms with Gasteiger partial charge >= 0.3 is 5.97 Å². The summed E-state index contributed by atoms with van der Waals surface area (Å²) in [5.41, 5.74) is 3.54. The van der Waals surface area contributed by atoms with Crippen molar-refractivity contribution in [3.05, 3.63) is 58.5 Å². The molecule has 0 fully saturated rings. The highest BCUT2D eigenvalue weighted by atomic mass is 16.5. The third-order valence-electron chi connectivity index (χ3n) is 7.76. The van der Waals surface area contributed by atoms with Crippen LogP contribution in [0.1, 0.15) is 84.3 Å². The van der Waals surface area contributed by atoms with E-state index in [9.17, 15) is 19.5 Å². The maximum Gasteiger partial charge on any atom is 0.323 e. The Morgan fingerprint density at radius 2 is 1.51 bits per heavy atom. The number of carboxylic acid groups (broad SMARTS) is 1. The van der Waals surface area contributed by atoms with Crippen molar-refractivity contribution in [2.45, 2.75) is 79.6 Å². The lowest BCUT2D eigenvalue weighted by Crippen LogP contribution is -2.45. The number of carboxylic acids is 1. The molecule has 1 N–H and O–H groups in total. The molecule has 39 heavy (non-hydrogen) atoms. The fourth-order valence-corrected chi connectivity index (χ4v) is 6.44. The van der Waals surface area contributed by atoms with E-state index in [0.29, 0.717) is 68.0 Å². The van der Waals surface area contributed by atoms with Crippen LogP contribution in [0.4, 0.5) is 0 Å². The van der Waals surface area contributed by atoms with Crippen molar-refractivity contribution >= 4 is 17.5 Å². The number of ether oxygens (including phenoxy) is 2. The van der Waals surface area contributed by atoms with Crippen molar-refractivity contribution in [3.63, 3.8) is 0 Å². The van der Waals surface area contributed by atoms with Crippen LogP contribution in [0.25, 0.3) is 0 Å². The van der Waals surface area contributed by atoms with Crippen molar-refractivity contribution in [1.82, 2.24) is 4.90 Å². The first-order chi connectivity index (χ1) is 18.3. The zero-order chi connectivity index (χ0) is 28.7. The van der Waals surface area contributed by atoms with Crippen molar-refractivity contribution in [1.29, 1.82) is 0 Å². The van der Waals surface area contributed by atoms with Crippen molar-refractivity contribution in [2.75, 3.05) is 19.8 Å². The van der Waals surface area contributed by atoms with E-state index in [1.807, 2.05) is 53.7 Å². The minimum absolute atomic E-state index is 0.0389. The lowest BCUT2D eigenvalue weighted by atomic mass is 9.63. The topological polar surface area (TPSA) is 93.1 Å². The molecule has 0 aromatic heterocycles. The second-order valence-electron chi connectivity index (χ2n) is 12.4. The summed E-state index contributed by atoms with van der Waals surface area (Å²) in [6.07, 6.45) is 4.10. The zero-order valence-corrected chi connectivity index (χ0v) is 24.1. The highest BCUT2D eigenvalue weighted by molar-refractivity contribution is 6.07. The van der Waals surface area contributed by atoms with Crippen LogP contribution >= 0.6 is 0 Å². The Balaban J connectivity index is 2.05. The van der Waals surface area contributed by atoms with Gasteiger partial charge < -0.3 is 19.5 Å². The van der Waals surface area contributed by atoms with E-state index < -0.39 is 11.9 Å². The third kappa shape index (κ3) is 5.54. The second-order valence-corrected chi connectivity index (χ2v) is 12.4. The second kappa shape index (κ2) is 10.7. The fraction of sp³-hybridized carbons (Fsp3) is 0.531. The molecule has 1 aromatic carbocycles. The lowest BCUT2D eigenvalue weighted by Gasteiger charge is -2.48. The van der Waals surface area contributed by atoms with E-state index in [4.69, 9.17) is 9.47 Å². The van der Waals surface area contributed by atoms with Gasteiger partial charge in [-0.1, -0.05) is 39.8 Å². The molecule has 2 aliphatic carbocycles.